The van der Waals surface area contributed by atoms with Crippen molar-refractivity contribution in [1.82, 2.24) is 19.6 Å². The van der Waals surface area contributed by atoms with Gasteiger partial charge in [-0.2, -0.15) is 5.10 Å². The quantitative estimate of drug-likeness (QED) is 0.553. The highest BCUT2D eigenvalue weighted by Gasteiger charge is 2.21. The van der Waals surface area contributed by atoms with Crippen LogP contribution in [0.5, 0.6) is 0 Å². The van der Waals surface area contributed by atoms with Gasteiger partial charge in [0.1, 0.15) is 0 Å². The lowest BCUT2D eigenvalue weighted by molar-refractivity contribution is -0.127. The van der Waals surface area contributed by atoms with E-state index in [2.05, 4.69) is 27.4 Å². The van der Waals surface area contributed by atoms with Crippen molar-refractivity contribution in [3.63, 3.8) is 0 Å². The number of carbonyl (C=O) groups excluding carboxylic acids is 2. The minimum atomic E-state index is -0.0235. The highest BCUT2D eigenvalue weighted by atomic mass is 16.2. The number of aromatic nitrogens is 2. The third-order valence-corrected chi connectivity index (χ3v) is 6.06. The Labute approximate surface area is 200 Å². The first-order valence-corrected chi connectivity index (χ1v) is 11.6. The zero-order valence-electron chi connectivity index (χ0n) is 19.8. The smallest absolute Gasteiger partial charge is 0.246 e. The van der Waals surface area contributed by atoms with Crippen molar-refractivity contribution in [1.29, 1.82) is 0 Å². The van der Waals surface area contributed by atoms with Crippen molar-refractivity contribution in [3.8, 4) is 0 Å². The predicted molar refractivity (Wildman–Crippen MR) is 134 cm³/mol. The van der Waals surface area contributed by atoms with Gasteiger partial charge in [-0.1, -0.05) is 48.5 Å². The summed E-state index contributed by atoms with van der Waals surface area (Å²) >= 11 is 0. The largest absolute Gasteiger partial charge is 0.337 e. The zero-order chi connectivity index (χ0) is 23.9. The summed E-state index contributed by atoms with van der Waals surface area (Å²) in [5.74, 6) is -0.0416. The van der Waals surface area contributed by atoms with E-state index in [1.165, 1.54) is 5.56 Å². The van der Waals surface area contributed by atoms with E-state index in [9.17, 15) is 9.59 Å². The lowest BCUT2D eigenvalue weighted by Gasteiger charge is -2.33. The van der Waals surface area contributed by atoms with Gasteiger partial charge in [0.05, 0.1) is 19.3 Å². The van der Waals surface area contributed by atoms with E-state index in [1.807, 2.05) is 66.0 Å². The van der Waals surface area contributed by atoms with E-state index >= 15 is 0 Å². The zero-order valence-corrected chi connectivity index (χ0v) is 19.8. The van der Waals surface area contributed by atoms with Gasteiger partial charge in [-0.25, -0.2) is 0 Å². The average molecular weight is 458 g/mol. The van der Waals surface area contributed by atoms with Crippen molar-refractivity contribution >= 4 is 23.6 Å². The topological polar surface area (TPSA) is 70.5 Å². The number of rotatable bonds is 7. The molecule has 1 aromatic heterocycles. The first kappa shape index (κ1) is 23.4. The van der Waals surface area contributed by atoms with Gasteiger partial charge in [-0.15, -0.1) is 0 Å². The number of hydrogen-bond donors (Lipinski definition) is 1. The Morgan fingerprint density at radius 1 is 0.971 bits per heavy atom. The molecule has 7 nitrogen and oxygen atoms in total. The summed E-state index contributed by atoms with van der Waals surface area (Å²) in [4.78, 5) is 29.1. The molecule has 0 unspecified atom stereocenters. The highest BCUT2D eigenvalue weighted by Crippen LogP contribution is 2.19. The molecule has 2 aromatic carbocycles. The maximum atomic E-state index is 12.6. The molecule has 1 aliphatic rings. The van der Waals surface area contributed by atoms with Crippen molar-refractivity contribution < 1.29 is 9.59 Å². The van der Waals surface area contributed by atoms with Crippen LogP contribution in [-0.4, -0.2) is 64.1 Å². The number of aryl methyl sites for hydroxylation is 2. The van der Waals surface area contributed by atoms with Crippen LogP contribution >= 0.6 is 0 Å². The SMILES string of the molecule is Cc1cccc(C)c1NC(=O)CN1CCN(C(=O)/C=C/c2cnn(Cc3ccccc3)c2)CC1. The molecule has 0 atom stereocenters. The second kappa shape index (κ2) is 10.9. The third kappa shape index (κ3) is 6.20. The number of benzene rings is 2. The van der Waals surface area contributed by atoms with Crippen LogP contribution < -0.4 is 5.32 Å². The molecule has 1 aliphatic heterocycles. The molecular weight excluding hydrogens is 426 g/mol. The second-order valence-corrected chi connectivity index (χ2v) is 8.71. The number of para-hydroxylation sites is 1. The summed E-state index contributed by atoms with van der Waals surface area (Å²) in [6.45, 7) is 7.57. The first-order valence-electron chi connectivity index (χ1n) is 11.6. The lowest BCUT2D eigenvalue weighted by atomic mass is 10.1. The Kier molecular flexibility index (Phi) is 7.54. The maximum absolute atomic E-state index is 12.6. The molecule has 4 rings (SSSR count). The number of nitrogens with one attached hydrogen (secondary N) is 1. The molecule has 176 valence electrons. The Morgan fingerprint density at radius 3 is 2.38 bits per heavy atom. The molecule has 0 radical (unpaired) electrons. The number of piperazine rings is 1. The van der Waals surface area contributed by atoms with Crippen LogP contribution in [0.3, 0.4) is 0 Å². The molecule has 2 amide bonds. The standard InChI is InChI=1S/C27H31N5O2/c1-21-7-6-8-22(2)27(21)29-25(33)20-30-13-15-31(16-14-30)26(34)12-11-24-17-28-32(19-24)18-23-9-4-3-5-10-23/h3-12,17,19H,13-16,18,20H2,1-2H3,(H,29,33)/b12-11+. The fourth-order valence-electron chi connectivity index (χ4n) is 4.12. The minimum Gasteiger partial charge on any atom is -0.337 e. The number of nitrogens with zero attached hydrogens (tertiary/aromatic N) is 4. The van der Waals surface area contributed by atoms with E-state index in [0.717, 1.165) is 22.4 Å². The average Bonchev–Trinajstić information content (AvgIpc) is 3.28. The number of hydrogen-bond acceptors (Lipinski definition) is 4. The van der Waals surface area contributed by atoms with Crippen LogP contribution in [0, 0.1) is 13.8 Å². The fraction of sp³-hybridized carbons (Fsp3) is 0.296. The molecule has 0 aliphatic carbocycles. The van der Waals surface area contributed by atoms with Crippen LogP contribution in [0.4, 0.5) is 5.69 Å². The van der Waals surface area contributed by atoms with E-state index in [-0.39, 0.29) is 11.8 Å². The normalized spacial score (nSPS) is 14.5. The molecular formula is C27H31N5O2. The molecule has 0 bridgehead atoms. The Balaban J connectivity index is 1.23. The van der Waals surface area contributed by atoms with Gasteiger partial charge in [0.2, 0.25) is 11.8 Å². The third-order valence-electron chi connectivity index (χ3n) is 6.06. The second-order valence-electron chi connectivity index (χ2n) is 8.71. The van der Waals surface area contributed by atoms with Crippen LogP contribution in [0.15, 0.2) is 67.0 Å². The Morgan fingerprint density at radius 2 is 1.68 bits per heavy atom. The van der Waals surface area contributed by atoms with Gasteiger partial charge in [0.15, 0.2) is 0 Å². The summed E-state index contributed by atoms with van der Waals surface area (Å²) in [5.41, 5.74) is 5.07. The molecule has 1 fully saturated rings. The van der Waals surface area contributed by atoms with Crippen LogP contribution in [0.25, 0.3) is 6.08 Å². The van der Waals surface area contributed by atoms with Crippen molar-refractivity contribution in [3.05, 3.63) is 89.3 Å². The summed E-state index contributed by atoms with van der Waals surface area (Å²) in [5, 5.41) is 7.41. The summed E-state index contributed by atoms with van der Waals surface area (Å²) in [6, 6.07) is 16.1. The summed E-state index contributed by atoms with van der Waals surface area (Å²) in [7, 11) is 0. The number of anilines is 1. The van der Waals surface area contributed by atoms with Gasteiger partial charge in [-0.3, -0.25) is 19.2 Å². The highest BCUT2D eigenvalue weighted by molar-refractivity contribution is 5.94. The monoisotopic (exact) mass is 457 g/mol. The number of carbonyl (C=O) groups is 2. The lowest BCUT2D eigenvalue weighted by Crippen LogP contribution is -2.50. The van der Waals surface area contributed by atoms with Crippen molar-refractivity contribution in [2.24, 2.45) is 0 Å². The molecule has 3 aromatic rings. The molecule has 0 spiro atoms. The van der Waals surface area contributed by atoms with Crippen molar-refractivity contribution in [2.75, 3.05) is 38.0 Å². The minimum absolute atomic E-state index is 0.0181. The van der Waals surface area contributed by atoms with Crippen molar-refractivity contribution in [2.45, 2.75) is 20.4 Å². The first-order chi connectivity index (χ1) is 16.5. The van der Waals surface area contributed by atoms with Gasteiger partial charge in [0.25, 0.3) is 0 Å². The Hall–Kier alpha value is -3.71. The number of amides is 2. The molecule has 7 heteroatoms. The van der Waals surface area contributed by atoms with Crippen LogP contribution in [-0.2, 0) is 16.1 Å². The van der Waals surface area contributed by atoms with E-state index < -0.39 is 0 Å². The molecule has 1 saturated heterocycles. The molecule has 34 heavy (non-hydrogen) atoms. The van der Waals surface area contributed by atoms with Gasteiger partial charge < -0.3 is 10.2 Å². The fourth-order valence-corrected chi connectivity index (χ4v) is 4.12. The van der Waals surface area contributed by atoms with Crippen LogP contribution in [0.2, 0.25) is 0 Å². The predicted octanol–water partition coefficient (Wildman–Crippen LogP) is 3.34. The van der Waals surface area contributed by atoms with E-state index in [1.54, 1.807) is 18.3 Å². The van der Waals surface area contributed by atoms with E-state index in [4.69, 9.17) is 0 Å². The maximum Gasteiger partial charge on any atom is 0.246 e. The van der Waals surface area contributed by atoms with Gasteiger partial charge in [0, 0.05) is 49.7 Å². The Bertz CT molecular complexity index is 1140. The van der Waals surface area contributed by atoms with E-state index in [0.29, 0.717) is 39.3 Å². The molecule has 1 N–H and O–H groups in total. The van der Waals surface area contributed by atoms with Gasteiger partial charge >= 0.3 is 0 Å². The summed E-state index contributed by atoms with van der Waals surface area (Å²) < 4.78 is 1.86. The molecule has 0 saturated carbocycles. The van der Waals surface area contributed by atoms with Gasteiger partial charge in [-0.05, 0) is 36.6 Å². The van der Waals surface area contributed by atoms with Crippen LogP contribution in [0.1, 0.15) is 22.3 Å². The molecule has 2 heterocycles. The summed E-state index contributed by atoms with van der Waals surface area (Å²) in [6.07, 6.45) is 7.11.